The molecule has 0 saturated carbocycles. The van der Waals surface area contributed by atoms with Crippen LogP contribution in [0, 0.1) is 6.92 Å². The van der Waals surface area contributed by atoms with Crippen LogP contribution in [-0.2, 0) is 25.6 Å². The van der Waals surface area contributed by atoms with Gasteiger partial charge in [0.05, 0.1) is 26.4 Å². The molecule has 2 aliphatic rings. The van der Waals surface area contributed by atoms with Gasteiger partial charge in [0.1, 0.15) is 29.4 Å². The van der Waals surface area contributed by atoms with Crippen molar-refractivity contribution in [2.24, 2.45) is 5.11 Å². The number of benzene rings is 3. The summed E-state index contributed by atoms with van der Waals surface area (Å²) in [6.45, 7) is 2.69. The number of aryl methyl sites for hydroxylation is 1. The number of nitrogens with zero attached hydrogens (tertiary/aromatic N) is 3. The largest absolute Gasteiger partial charge is 0.497 e. The molecule has 0 N–H and O–H groups in total. The highest BCUT2D eigenvalue weighted by molar-refractivity contribution is 7.99. The minimum absolute atomic E-state index is 0.317. The van der Waals surface area contributed by atoms with E-state index in [9.17, 15) is 5.53 Å². The Bertz CT molecular complexity index is 1200. The highest BCUT2D eigenvalue weighted by atomic mass is 32.2. The van der Waals surface area contributed by atoms with Crippen molar-refractivity contribution in [1.29, 1.82) is 0 Å². The van der Waals surface area contributed by atoms with Gasteiger partial charge < -0.3 is 23.7 Å². The zero-order chi connectivity index (χ0) is 25.6. The Kier molecular flexibility index (Phi) is 8.31. The summed E-state index contributed by atoms with van der Waals surface area (Å²) in [5, 5.41) is 4.16. The first-order valence-electron chi connectivity index (χ1n) is 12.1. The van der Waals surface area contributed by atoms with Gasteiger partial charge in [-0.3, -0.25) is 0 Å². The summed E-state index contributed by atoms with van der Waals surface area (Å²) in [5.74, 6) is 0.773. The number of rotatable bonds is 8. The molecule has 37 heavy (non-hydrogen) atoms. The van der Waals surface area contributed by atoms with Gasteiger partial charge in [0.15, 0.2) is 6.29 Å². The normalized spacial score (nSPS) is 27.1. The van der Waals surface area contributed by atoms with E-state index < -0.39 is 30.0 Å². The maximum atomic E-state index is 9.48. The highest BCUT2D eigenvalue weighted by Gasteiger charge is 2.50. The molecule has 2 saturated heterocycles. The van der Waals surface area contributed by atoms with Crippen LogP contribution in [0.5, 0.6) is 5.75 Å². The van der Waals surface area contributed by atoms with Gasteiger partial charge in [-0.05, 0) is 42.3 Å². The number of ether oxygens (including phenoxy) is 5. The van der Waals surface area contributed by atoms with Crippen molar-refractivity contribution in [3.8, 4) is 5.75 Å². The van der Waals surface area contributed by atoms with Crippen LogP contribution in [0.15, 0.2) is 88.9 Å². The lowest BCUT2D eigenvalue weighted by molar-refractivity contribution is -0.311. The summed E-state index contributed by atoms with van der Waals surface area (Å²) in [5.41, 5.74) is 12.1. The van der Waals surface area contributed by atoms with E-state index >= 15 is 0 Å². The standard InChI is InChI=1S/C28H29N3O5S/c1-18-8-14-22(15-9-18)37-28-24(30-31-29)26(33-16-19-10-12-21(32-2)13-11-19)25-23(35-28)17-34-27(36-25)20-6-4-3-5-7-20/h3-15,23-28H,16-17H2,1-2H3/t23-,24+,25-,26-,27-,28-/m1/s1. The van der Waals surface area contributed by atoms with Gasteiger partial charge >= 0.3 is 0 Å². The van der Waals surface area contributed by atoms with Gasteiger partial charge in [0.2, 0.25) is 0 Å². The summed E-state index contributed by atoms with van der Waals surface area (Å²) in [6, 6.07) is 25.0. The average molecular weight is 520 g/mol. The Labute approximate surface area is 220 Å². The molecule has 0 aromatic heterocycles. The van der Waals surface area contributed by atoms with Gasteiger partial charge in [0, 0.05) is 15.4 Å². The molecule has 6 atom stereocenters. The fraction of sp³-hybridized carbons (Fsp3) is 0.357. The zero-order valence-electron chi connectivity index (χ0n) is 20.7. The van der Waals surface area contributed by atoms with Crippen LogP contribution in [0.1, 0.15) is 23.0 Å². The van der Waals surface area contributed by atoms with Crippen LogP contribution in [0.2, 0.25) is 0 Å². The lowest BCUT2D eigenvalue weighted by Gasteiger charge is -2.48. The number of methoxy groups -OCH3 is 1. The van der Waals surface area contributed by atoms with Crippen molar-refractivity contribution in [2.45, 2.75) is 54.5 Å². The molecular formula is C28H29N3O5S. The van der Waals surface area contributed by atoms with Crippen molar-refractivity contribution in [1.82, 2.24) is 0 Å². The van der Waals surface area contributed by atoms with Crippen molar-refractivity contribution < 1.29 is 23.7 Å². The van der Waals surface area contributed by atoms with Crippen LogP contribution in [0.4, 0.5) is 0 Å². The van der Waals surface area contributed by atoms with E-state index in [0.717, 1.165) is 21.8 Å². The smallest absolute Gasteiger partial charge is 0.184 e. The molecule has 0 bridgehead atoms. The Hall–Kier alpha value is -3.04. The van der Waals surface area contributed by atoms with Gasteiger partial charge in [0.25, 0.3) is 0 Å². The summed E-state index contributed by atoms with van der Waals surface area (Å²) in [4.78, 5) is 4.17. The summed E-state index contributed by atoms with van der Waals surface area (Å²) >= 11 is 1.51. The molecule has 0 spiro atoms. The van der Waals surface area contributed by atoms with Crippen molar-refractivity contribution in [3.05, 3.63) is 106 Å². The maximum absolute atomic E-state index is 9.48. The molecule has 0 unspecified atom stereocenters. The van der Waals surface area contributed by atoms with Crippen molar-refractivity contribution in [3.63, 3.8) is 0 Å². The molecule has 9 heteroatoms. The topological polar surface area (TPSA) is 94.9 Å². The third-order valence-corrected chi connectivity index (χ3v) is 7.61. The average Bonchev–Trinajstić information content (AvgIpc) is 2.94. The van der Waals surface area contributed by atoms with Gasteiger partial charge in [-0.2, -0.15) is 0 Å². The van der Waals surface area contributed by atoms with E-state index in [-0.39, 0.29) is 6.10 Å². The molecular weight excluding hydrogens is 490 g/mol. The Morgan fingerprint density at radius 2 is 1.76 bits per heavy atom. The van der Waals surface area contributed by atoms with Crippen LogP contribution >= 0.6 is 11.8 Å². The number of hydrogen-bond donors (Lipinski definition) is 0. The minimum atomic E-state index is -0.620. The van der Waals surface area contributed by atoms with Crippen LogP contribution in [0.25, 0.3) is 10.4 Å². The first-order chi connectivity index (χ1) is 18.1. The lowest BCUT2D eigenvalue weighted by atomic mass is 9.97. The molecule has 0 radical (unpaired) electrons. The van der Waals surface area contributed by atoms with E-state index in [2.05, 4.69) is 10.0 Å². The Morgan fingerprint density at radius 3 is 2.46 bits per heavy atom. The Balaban J connectivity index is 1.41. The van der Waals surface area contributed by atoms with E-state index in [0.29, 0.717) is 13.2 Å². The molecule has 2 fully saturated rings. The summed E-state index contributed by atoms with van der Waals surface area (Å²) in [6.07, 6.45) is -1.97. The second kappa shape index (κ2) is 12.0. The quantitative estimate of drug-likeness (QED) is 0.200. The van der Waals surface area contributed by atoms with Gasteiger partial charge in [-0.25, -0.2) is 0 Å². The lowest BCUT2D eigenvalue weighted by Crippen LogP contribution is -2.61. The van der Waals surface area contributed by atoms with Crippen molar-refractivity contribution >= 4 is 11.8 Å². The first kappa shape index (κ1) is 25.6. The van der Waals surface area contributed by atoms with Crippen molar-refractivity contribution in [2.75, 3.05) is 13.7 Å². The fourth-order valence-electron chi connectivity index (χ4n) is 4.48. The molecule has 192 valence electrons. The van der Waals surface area contributed by atoms with Gasteiger partial charge in [-0.15, -0.1) is 0 Å². The predicted molar refractivity (Wildman–Crippen MR) is 140 cm³/mol. The van der Waals surface area contributed by atoms with Gasteiger partial charge in [-0.1, -0.05) is 77.0 Å². The van der Waals surface area contributed by atoms with Crippen LogP contribution < -0.4 is 4.74 Å². The minimum Gasteiger partial charge on any atom is -0.497 e. The molecule has 8 nitrogen and oxygen atoms in total. The second-order valence-corrected chi connectivity index (χ2v) is 10.1. The fourth-order valence-corrected chi connectivity index (χ4v) is 5.58. The summed E-state index contributed by atoms with van der Waals surface area (Å²) in [7, 11) is 1.63. The van der Waals surface area contributed by atoms with E-state index in [1.165, 1.54) is 17.3 Å². The first-order valence-corrected chi connectivity index (χ1v) is 13.0. The molecule has 5 rings (SSSR count). The highest BCUT2D eigenvalue weighted by Crippen LogP contribution is 2.41. The van der Waals surface area contributed by atoms with E-state index in [1.54, 1.807) is 7.11 Å². The molecule has 3 aromatic rings. The second-order valence-electron chi connectivity index (χ2n) is 8.97. The third kappa shape index (κ3) is 6.10. The zero-order valence-corrected chi connectivity index (χ0v) is 21.5. The molecule has 0 amide bonds. The molecule has 0 aliphatic carbocycles. The molecule has 2 heterocycles. The van der Waals surface area contributed by atoms with E-state index in [1.807, 2.05) is 85.8 Å². The van der Waals surface area contributed by atoms with Crippen LogP contribution in [0.3, 0.4) is 0 Å². The Morgan fingerprint density at radius 1 is 1.00 bits per heavy atom. The number of fused-ring (bicyclic) bond motifs is 1. The predicted octanol–water partition coefficient (Wildman–Crippen LogP) is 6.20. The number of hydrogen-bond acceptors (Lipinski definition) is 7. The number of thioether (sulfide) groups is 1. The monoisotopic (exact) mass is 519 g/mol. The van der Waals surface area contributed by atoms with Crippen LogP contribution in [-0.4, -0.2) is 43.5 Å². The SMILES string of the molecule is COc1ccc(CO[C@@H]2[C@H](N=[N+]=[N-])[C@@H](Sc3ccc(C)cc3)O[C@@H]3CO[C@@H](c4ccccc4)O[C@@H]23)cc1. The molecule has 3 aromatic carbocycles. The van der Waals surface area contributed by atoms with E-state index in [4.69, 9.17) is 23.7 Å². The molecule has 2 aliphatic heterocycles. The maximum Gasteiger partial charge on any atom is 0.184 e. The third-order valence-electron chi connectivity index (χ3n) is 6.44. The summed E-state index contributed by atoms with van der Waals surface area (Å²) < 4.78 is 30.6. The number of azide groups is 1.